The molecule has 0 saturated heterocycles. The molecule has 7 nitrogen and oxygen atoms in total. The molecule has 4 rings (SSSR count). The zero-order chi connectivity index (χ0) is 23.3. The fourth-order valence-corrected chi connectivity index (χ4v) is 4.29. The van der Waals surface area contributed by atoms with Crippen molar-refractivity contribution in [2.24, 2.45) is 0 Å². The summed E-state index contributed by atoms with van der Waals surface area (Å²) in [5, 5.41) is 6.43. The molecule has 1 heterocycles. The summed E-state index contributed by atoms with van der Waals surface area (Å²) in [6, 6.07) is 25.5. The Morgan fingerprint density at radius 3 is 2.06 bits per heavy atom. The highest BCUT2D eigenvalue weighted by Crippen LogP contribution is 2.22. The highest BCUT2D eigenvalue weighted by atomic mass is 32.2. The van der Waals surface area contributed by atoms with Crippen LogP contribution in [0.3, 0.4) is 0 Å². The Labute approximate surface area is 194 Å². The molecular formula is C25H25N5O2S. The number of rotatable bonds is 8. The first-order chi connectivity index (χ1) is 15.9. The largest absolute Gasteiger partial charge is 0.340 e. The lowest BCUT2D eigenvalue weighted by atomic mass is 10.2. The molecule has 0 aliphatic rings. The number of nitrogens with one attached hydrogen (secondary N) is 3. The van der Waals surface area contributed by atoms with Crippen LogP contribution >= 0.6 is 0 Å². The van der Waals surface area contributed by atoms with Crippen LogP contribution in [0.5, 0.6) is 0 Å². The first-order valence-electron chi connectivity index (χ1n) is 10.6. The molecule has 1 aromatic heterocycles. The van der Waals surface area contributed by atoms with Gasteiger partial charge >= 0.3 is 0 Å². The van der Waals surface area contributed by atoms with Crippen molar-refractivity contribution in [2.75, 3.05) is 15.4 Å². The van der Waals surface area contributed by atoms with Gasteiger partial charge in [0.2, 0.25) is 5.95 Å². The van der Waals surface area contributed by atoms with E-state index in [4.69, 9.17) is 0 Å². The Balaban J connectivity index is 1.45. The molecule has 0 unspecified atom stereocenters. The van der Waals surface area contributed by atoms with Crippen molar-refractivity contribution < 1.29 is 8.42 Å². The van der Waals surface area contributed by atoms with E-state index in [1.807, 2.05) is 62.4 Å². The number of para-hydroxylation sites is 1. The highest BCUT2D eigenvalue weighted by Gasteiger charge is 2.14. The number of benzene rings is 3. The minimum atomic E-state index is -3.65. The number of hydrogen-bond acceptors (Lipinski definition) is 6. The molecule has 33 heavy (non-hydrogen) atoms. The van der Waals surface area contributed by atoms with Gasteiger partial charge in [-0.1, -0.05) is 37.3 Å². The number of aromatic nitrogens is 2. The van der Waals surface area contributed by atoms with Gasteiger partial charge < -0.3 is 10.6 Å². The summed E-state index contributed by atoms with van der Waals surface area (Å²) >= 11 is 0. The van der Waals surface area contributed by atoms with Gasteiger partial charge in [-0.3, -0.25) is 4.72 Å². The molecule has 0 aliphatic heterocycles. The van der Waals surface area contributed by atoms with Crippen molar-refractivity contribution in [2.45, 2.75) is 25.2 Å². The number of sulfonamides is 1. The number of anilines is 5. The molecule has 4 aromatic rings. The van der Waals surface area contributed by atoms with Crippen LogP contribution in [-0.4, -0.2) is 18.4 Å². The standard InChI is InChI=1S/C25H25N5O2S/c1-3-19-9-15-23(16-10-19)33(31,32)30-22-13-11-21(12-14-22)28-25-26-18(2)17-24(29-25)27-20-7-5-4-6-8-20/h4-17,30H,3H2,1-2H3,(H2,26,27,28,29). The summed E-state index contributed by atoms with van der Waals surface area (Å²) in [5.74, 6) is 1.12. The number of aryl methyl sites for hydroxylation is 2. The van der Waals surface area contributed by atoms with E-state index < -0.39 is 10.0 Å². The third-order valence-electron chi connectivity index (χ3n) is 4.94. The van der Waals surface area contributed by atoms with E-state index in [1.165, 1.54) is 0 Å². The van der Waals surface area contributed by atoms with Gasteiger partial charge in [0, 0.05) is 28.8 Å². The SMILES string of the molecule is CCc1ccc(S(=O)(=O)Nc2ccc(Nc3nc(C)cc(Nc4ccccc4)n3)cc2)cc1. The van der Waals surface area contributed by atoms with Crippen LogP contribution < -0.4 is 15.4 Å². The van der Waals surface area contributed by atoms with Gasteiger partial charge in [0.25, 0.3) is 10.0 Å². The lowest BCUT2D eigenvalue weighted by molar-refractivity contribution is 0.601. The van der Waals surface area contributed by atoms with Crippen LogP contribution in [-0.2, 0) is 16.4 Å². The maximum absolute atomic E-state index is 12.6. The number of nitrogens with zero attached hydrogens (tertiary/aromatic N) is 2. The van der Waals surface area contributed by atoms with Crippen molar-refractivity contribution in [3.05, 3.63) is 96.2 Å². The molecule has 0 aliphatic carbocycles. The summed E-state index contributed by atoms with van der Waals surface area (Å²) in [7, 11) is -3.65. The minimum absolute atomic E-state index is 0.230. The van der Waals surface area contributed by atoms with Crippen molar-refractivity contribution in [3.63, 3.8) is 0 Å². The molecule has 0 spiro atoms. The summed E-state index contributed by atoms with van der Waals surface area (Å²) in [6.07, 6.45) is 0.858. The normalized spacial score (nSPS) is 11.1. The van der Waals surface area contributed by atoms with E-state index in [0.717, 1.165) is 29.1 Å². The predicted molar refractivity (Wildman–Crippen MR) is 133 cm³/mol. The van der Waals surface area contributed by atoms with Gasteiger partial charge in [0.05, 0.1) is 4.90 Å². The van der Waals surface area contributed by atoms with Crippen LogP contribution in [0.25, 0.3) is 0 Å². The molecule has 0 bridgehead atoms. The Morgan fingerprint density at radius 1 is 0.758 bits per heavy atom. The summed E-state index contributed by atoms with van der Waals surface area (Å²) < 4.78 is 27.9. The average Bonchev–Trinajstić information content (AvgIpc) is 2.80. The summed E-state index contributed by atoms with van der Waals surface area (Å²) in [6.45, 7) is 3.92. The topological polar surface area (TPSA) is 96.0 Å². The molecule has 3 N–H and O–H groups in total. The Bertz CT molecular complexity index is 1320. The van der Waals surface area contributed by atoms with Crippen LogP contribution in [0.2, 0.25) is 0 Å². The minimum Gasteiger partial charge on any atom is -0.340 e. The highest BCUT2D eigenvalue weighted by molar-refractivity contribution is 7.92. The molecule has 0 fully saturated rings. The van der Waals surface area contributed by atoms with E-state index in [9.17, 15) is 8.42 Å². The van der Waals surface area contributed by atoms with Crippen LogP contribution in [0, 0.1) is 6.92 Å². The van der Waals surface area contributed by atoms with E-state index in [0.29, 0.717) is 17.5 Å². The molecule has 3 aromatic carbocycles. The maximum Gasteiger partial charge on any atom is 0.261 e. The van der Waals surface area contributed by atoms with E-state index in [1.54, 1.807) is 36.4 Å². The monoisotopic (exact) mass is 459 g/mol. The average molecular weight is 460 g/mol. The van der Waals surface area contributed by atoms with Crippen molar-refractivity contribution in [3.8, 4) is 0 Å². The van der Waals surface area contributed by atoms with Crippen molar-refractivity contribution in [1.82, 2.24) is 9.97 Å². The van der Waals surface area contributed by atoms with Crippen molar-refractivity contribution >= 4 is 38.9 Å². The van der Waals surface area contributed by atoms with Gasteiger partial charge in [-0.05, 0) is 67.4 Å². The smallest absolute Gasteiger partial charge is 0.261 e. The van der Waals surface area contributed by atoms with Crippen LogP contribution in [0.15, 0.2) is 89.8 Å². The fraction of sp³-hybridized carbons (Fsp3) is 0.120. The maximum atomic E-state index is 12.6. The van der Waals surface area contributed by atoms with E-state index in [2.05, 4.69) is 25.3 Å². The molecule has 0 atom stereocenters. The summed E-state index contributed by atoms with van der Waals surface area (Å²) in [4.78, 5) is 9.18. The fourth-order valence-electron chi connectivity index (χ4n) is 3.23. The molecular weight excluding hydrogens is 434 g/mol. The van der Waals surface area contributed by atoms with Gasteiger partial charge in [-0.2, -0.15) is 4.98 Å². The third kappa shape index (κ3) is 5.87. The zero-order valence-corrected chi connectivity index (χ0v) is 19.2. The molecule has 0 radical (unpaired) electrons. The van der Waals surface area contributed by atoms with Crippen molar-refractivity contribution in [1.29, 1.82) is 0 Å². The molecule has 168 valence electrons. The Morgan fingerprint density at radius 2 is 1.39 bits per heavy atom. The second kappa shape index (κ2) is 9.70. The summed E-state index contributed by atoms with van der Waals surface area (Å²) in [5.41, 5.74) is 4.04. The van der Waals surface area contributed by atoms with Crippen LogP contribution in [0.4, 0.5) is 28.8 Å². The van der Waals surface area contributed by atoms with Gasteiger partial charge in [0.15, 0.2) is 0 Å². The zero-order valence-electron chi connectivity index (χ0n) is 18.4. The van der Waals surface area contributed by atoms with E-state index >= 15 is 0 Å². The van der Waals surface area contributed by atoms with Crippen LogP contribution in [0.1, 0.15) is 18.2 Å². The lowest BCUT2D eigenvalue weighted by Gasteiger charge is -2.11. The molecule has 8 heteroatoms. The lowest BCUT2D eigenvalue weighted by Crippen LogP contribution is -2.13. The second-order valence-electron chi connectivity index (χ2n) is 7.51. The van der Waals surface area contributed by atoms with Gasteiger partial charge in [-0.25, -0.2) is 13.4 Å². The van der Waals surface area contributed by atoms with Gasteiger partial charge in [-0.15, -0.1) is 0 Å². The van der Waals surface area contributed by atoms with Gasteiger partial charge in [0.1, 0.15) is 5.82 Å². The predicted octanol–water partition coefficient (Wildman–Crippen LogP) is 5.64. The Kier molecular flexibility index (Phi) is 6.55. The molecule has 0 saturated carbocycles. The second-order valence-corrected chi connectivity index (χ2v) is 9.20. The quantitative estimate of drug-likeness (QED) is 0.316. The van der Waals surface area contributed by atoms with E-state index in [-0.39, 0.29) is 4.90 Å². The molecule has 0 amide bonds. The Hall–Kier alpha value is -3.91. The first kappa shape index (κ1) is 22.3. The number of hydrogen-bond donors (Lipinski definition) is 3. The third-order valence-corrected chi connectivity index (χ3v) is 6.33. The first-order valence-corrected chi connectivity index (χ1v) is 12.1.